The van der Waals surface area contributed by atoms with E-state index in [0.717, 1.165) is 32.1 Å². The molecule has 2 saturated carbocycles. The summed E-state index contributed by atoms with van der Waals surface area (Å²) in [7, 11) is 1.60. The van der Waals surface area contributed by atoms with Crippen molar-refractivity contribution in [3.8, 4) is 0 Å². The number of aliphatic hydroxyl groups is 1. The zero-order chi connectivity index (χ0) is 23.4. The Morgan fingerprint density at radius 3 is 2.66 bits per heavy atom. The first kappa shape index (κ1) is 24.9. The van der Waals surface area contributed by atoms with Crippen LogP contribution in [0, 0.1) is 23.2 Å². The van der Waals surface area contributed by atoms with Gasteiger partial charge in [0.1, 0.15) is 12.9 Å². The fraction of sp³-hybridized carbons (Fsp3) is 0.667. The molecule has 1 N–H and O–H groups in total. The lowest BCUT2D eigenvalue weighted by atomic mass is 9.61. The van der Waals surface area contributed by atoms with Gasteiger partial charge in [-0.3, -0.25) is 0 Å². The van der Waals surface area contributed by atoms with Crippen LogP contribution in [0.3, 0.4) is 0 Å². The topological polar surface area (TPSA) is 65.0 Å². The molecule has 2 aliphatic rings. The summed E-state index contributed by atoms with van der Waals surface area (Å²) in [6.45, 7) is 8.63. The second-order valence-electron chi connectivity index (χ2n) is 10.4. The molecule has 0 radical (unpaired) electrons. The normalized spacial score (nSPS) is 30.1. The Labute approximate surface area is 193 Å². The number of carbonyl (C=O) groups is 1. The van der Waals surface area contributed by atoms with Gasteiger partial charge in [0, 0.05) is 13.0 Å². The zero-order valence-electron chi connectivity index (χ0n) is 20.3. The van der Waals surface area contributed by atoms with Crippen molar-refractivity contribution in [2.24, 2.45) is 23.2 Å². The molecule has 0 spiro atoms. The summed E-state index contributed by atoms with van der Waals surface area (Å²) in [5, 5.41) is 11.0. The lowest BCUT2D eigenvalue weighted by Crippen LogP contribution is -2.44. The molecule has 32 heavy (non-hydrogen) atoms. The SMILES string of the molecule is COCOC(C)(C)/C=C\[C@H](O)[C@@H](C)[C@@H]1CC[C@@H]2[C@@H](OC(=O)c3ccccc3)CCC[C@@]21C. The van der Waals surface area contributed by atoms with E-state index in [9.17, 15) is 9.90 Å². The molecule has 0 amide bonds. The van der Waals surface area contributed by atoms with Crippen molar-refractivity contribution in [3.05, 3.63) is 48.0 Å². The summed E-state index contributed by atoms with van der Waals surface area (Å²) in [4.78, 5) is 12.7. The summed E-state index contributed by atoms with van der Waals surface area (Å²) in [6, 6.07) is 9.26. The Kier molecular flexibility index (Phi) is 8.18. The number of rotatable bonds is 9. The van der Waals surface area contributed by atoms with Gasteiger partial charge in [0.15, 0.2) is 0 Å². The van der Waals surface area contributed by atoms with Crippen molar-refractivity contribution in [1.82, 2.24) is 0 Å². The molecule has 3 rings (SSSR count). The van der Waals surface area contributed by atoms with E-state index in [2.05, 4.69) is 13.8 Å². The van der Waals surface area contributed by atoms with Gasteiger partial charge >= 0.3 is 5.97 Å². The second kappa shape index (κ2) is 10.5. The summed E-state index contributed by atoms with van der Waals surface area (Å²) >= 11 is 0. The molecule has 1 aromatic rings. The molecular formula is C27H40O5. The number of fused-ring (bicyclic) bond motifs is 1. The summed E-state index contributed by atoms with van der Waals surface area (Å²) in [6.07, 6.45) is 8.37. The van der Waals surface area contributed by atoms with Crippen LogP contribution in [0.1, 0.15) is 70.2 Å². The van der Waals surface area contributed by atoms with Crippen molar-refractivity contribution in [1.29, 1.82) is 0 Å². The lowest BCUT2D eigenvalue weighted by molar-refractivity contribution is -0.0924. The first-order valence-electron chi connectivity index (χ1n) is 11.9. The second-order valence-corrected chi connectivity index (χ2v) is 10.4. The molecule has 2 fully saturated rings. The highest BCUT2D eigenvalue weighted by molar-refractivity contribution is 5.89. The minimum absolute atomic E-state index is 0.0484. The molecule has 0 bridgehead atoms. The monoisotopic (exact) mass is 444 g/mol. The quantitative estimate of drug-likeness (QED) is 0.315. The van der Waals surface area contributed by atoms with E-state index in [1.165, 1.54) is 0 Å². The number of hydrogen-bond acceptors (Lipinski definition) is 5. The van der Waals surface area contributed by atoms with Crippen molar-refractivity contribution >= 4 is 5.97 Å². The molecule has 0 aliphatic heterocycles. The zero-order valence-corrected chi connectivity index (χ0v) is 20.3. The Morgan fingerprint density at radius 1 is 1.25 bits per heavy atom. The van der Waals surface area contributed by atoms with Crippen LogP contribution in [0.25, 0.3) is 0 Å². The third-order valence-corrected chi connectivity index (χ3v) is 7.82. The number of aliphatic hydroxyl groups excluding tert-OH is 1. The Hall–Kier alpha value is -1.69. The molecule has 178 valence electrons. The van der Waals surface area contributed by atoms with Crippen molar-refractivity contribution in [2.45, 2.75) is 77.6 Å². The minimum Gasteiger partial charge on any atom is -0.458 e. The Morgan fingerprint density at radius 2 is 1.97 bits per heavy atom. The molecule has 0 unspecified atom stereocenters. The molecule has 0 heterocycles. The highest BCUT2D eigenvalue weighted by atomic mass is 16.7. The van der Waals surface area contributed by atoms with Gasteiger partial charge in [-0.25, -0.2) is 4.79 Å². The van der Waals surface area contributed by atoms with Crippen LogP contribution in [0.5, 0.6) is 0 Å². The van der Waals surface area contributed by atoms with Gasteiger partial charge in [-0.1, -0.05) is 44.2 Å². The van der Waals surface area contributed by atoms with Gasteiger partial charge in [-0.2, -0.15) is 0 Å². The maximum atomic E-state index is 12.7. The molecule has 6 atom stereocenters. The summed E-state index contributed by atoms with van der Waals surface area (Å²) in [5.41, 5.74) is 0.179. The van der Waals surface area contributed by atoms with Crippen molar-refractivity contribution in [2.75, 3.05) is 13.9 Å². The fourth-order valence-corrected chi connectivity index (χ4v) is 5.95. The average Bonchev–Trinajstić information content (AvgIpc) is 3.14. The van der Waals surface area contributed by atoms with E-state index in [1.807, 2.05) is 56.3 Å². The third-order valence-electron chi connectivity index (χ3n) is 7.82. The van der Waals surface area contributed by atoms with E-state index in [4.69, 9.17) is 14.2 Å². The number of hydrogen-bond donors (Lipinski definition) is 1. The van der Waals surface area contributed by atoms with Crippen LogP contribution in [0.4, 0.5) is 0 Å². The van der Waals surface area contributed by atoms with Gasteiger partial charge < -0.3 is 19.3 Å². The van der Waals surface area contributed by atoms with E-state index in [1.54, 1.807) is 7.11 Å². The standard InChI is InChI=1S/C27H40O5/c1-19(23(28)15-17-26(2,3)31-18-30-5)21-13-14-22-24(12-9-16-27(21,22)4)32-25(29)20-10-7-6-8-11-20/h6-8,10-11,15,17,19,21-24,28H,9,12-14,16,18H2,1-5H3/b17-15-/t19-,21-,22+,23-,24-,27+/m0/s1. The molecule has 0 saturated heterocycles. The molecule has 0 aromatic heterocycles. The molecule has 5 heteroatoms. The predicted molar refractivity (Wildman–Crippen MR) is 125 cm³/mol. The number of methoxy groups -OCH3 is 1. The number of carbonyl (C=O) groups excluding carboxylic acids is 1. The van der Waals surface area contributed by atoms with E-state index < -0.39 is 11.7 Å². The average molecular weight is 445 g/mol. The smallest absolute Gasteiger partial charge is 0.338 e. The highest BCUT2D eigenvalue weighted by Gasteiger charge is 2.54. The third kappa shape index (κ3) is 5.62. The van der Waals surface area contributed by atoms with Crippen LogP contribution in [-0.4, -0.2) is 42.8 Å². The van der Waals surface area contributed by atoms with Gasteiger partial charge in [0.05, 0.1) is 17.3 Å². The fourth-order valence-electron chi connectivity index (χ4n) is 5.95. The number of benzene rings is 1. The molecule has 2 aliphatic carbocycles. The van der Waals surface area contributed by atoms with Crippen LogP contribution in [0.15, 0.2) is 42.5 Å². The maximum absolute atomic E-state index is 12.7. The van der Waals surface area contributed by atoms with Gasteiger partial charge in [0.2, 0.25) is 0 Å². The van der Waals surface area contributed by atoms with Crippen molar-refractivity contribution in [3.63, 3.8) is 0 Å². The van der Waals surface area contributed by atoms with Crippen LogP contribution >= 0.6 is 0 Å². The van der Waals surface area contributed by atoms with Crippen LogP contribution in [-0.2, 0) is 14.2 Å². The predicted octanol–water partition coefficient (Wildman–Crippen LogP) is 5.38. The van der Waals surface area contributed by atoms with Gasteiger partial charge in [-0.05, 0) is 75.3 Å². The summed E-state index contributed by atoms with van der Waals surface area (Å²) < 4.78 is 16.7. The number of ether oxygens (including phenoxy) is 3. The molecule has 5 nitrogen and oxygen atoms in total. The Balaban J connectivity index is 1.66. The largest absolute Gasteiger partial charge is 0.458 e. The van der Waals surface area contributed by atoms with Crippen LogP contribution < -0.4 is 0 Å². The minimum atomic E-state index is -0.548. The molecular weight excluding hydrogens is 404 g/mol. The van der Waals surface area contributed by atoms with Crippen LogP contribution in [0.2, 0.25) is 0 Å². The highest BCUT2D eigenvalue weighted by Crippen LogP contribution is 2.58. The summed E-state index contributed by atoms with van der Waals surface area (Å²) in [5.74, 6) is 0.614. The van der Waals surface area contributed by atoms with E-state index >= 15 is 0 Å². The molecule has 1 aromatic carbocycles. The number of esters is 1. The first-order chi connectivity index (χ1) is 15.2. The van der Waals surface area contributed by atoms with E-state index in [0.29, 0.717) is 17.4 Å². The Bertz CT molecular complexity index is 774. The lowest BCUT2D eigenvalue weighted by Gasteiger charge is -2.46. The first-order valence-corrected chi connectivity index (χ1v) is 11.9. The van der Waals surface area contributed by atoms with Gasteiger partial charge in [-0.15, -0.1) is 0 Å². The van der Waals surface area contributed by atoms with Gasteiger partial charge in [0.25, 0.3) is 0 Å². The maximum Gasteiger partial charge on any atom is 0.338 e. The van der Waals surface area contributed by atoms with E-state index in [-0.39, 0.29) is 30.2 Å². The van der Waals surface area contributed by atoms with Crippen molar-refractivity contribution < 1.29 is 24.1 Å².